The van der Waals surface area contributed by atoms with Crippen LogP contribution in [0.25, 0.3) is 11.0 Å². The molecule has 208 valence electrons. The number of benzene rings is 3. The molecule has 0 bridgehead atoms. The van der Waals surface area contributed by atoms with Crippen molar-refractivity contribution < 1.29 is 23.1 Å². The molecule has 0 spiro atoms. The molecule has 1 aromatic heterocycles. The summed E-state index contributed by atoms with van der Waals surface area (Å²) in [5.74, 6) is 0.370. The molecular weight excluding hydrogens is 606 g/mol. The summed E-state index contributed by atoms with van der Waals surface area (Å²) < 4.78 is 34.0. The number of fused-ring (bicyclic) bond motifs is 1. The van der Waals surface area contributed by atoms with Gasteiger partial charge in [-0.15, -0.1) is 0 Å². The minimum atomic E-state index is -2.70. The quantitative estimate of drug-likeness (QED) is 0.209. The monoisotopic (exact) mass is 630 g/mol. The average Bonchev–Trinajstić information content (AvgIpc) is 3.74. The Morgan fingerprint density at radius 1 is 1.15 bits per heavy atom. The number of alkyl halides is 2. The van der Waals surface area contributed by atoms with Crippen LogP contribution < -0.4 is 15.4 Å². The van der Waals surface area contributed by atoms with E-state index in [2.05, 4.69) is 26.6 Å². The zero-order valence-corrected chi connectivity index (χ0v) is 23.9. The molecule has 0 aliphatic heterocycles. The number of halogens is 4. The van der Waals surface area contributed by atoms with Gasteiger partial charge in [0.1, 0.15) is 18.2 Å². The molecular formula is C29H26BrClF2N4O3. The maximum absolute atomic E-state index is 13.2. The summed E-state index contributed by atoms with van der Waals surface area (Å²) in [7, 11) is 1.80. The predicted molar refractivity (Wildman–Crippen MR) is 153 cm³/mol. The predicted octanol–water partition coefficient (Wildman–Crippen LogP) is 6.50. The Hall–Kier alpha value is -3.50. The number of carbonyl (C=O) groups excluding carboxylic acids is 2. The Balaban J connectivity index is 1.43. The van der Waals surface area contributed by atoms with E-state index < -0.39 is 18.9 Å². The van der Waals surface area contributed by atoms with Gasteiger partial charge in [-0.1, -0.05) is 39.7 Å². The third-order valence-electron chi connectivity index (χ3n) is 6.66. The zero-order chi connectivity index (χ0) is 28.4. The molecule has 1 aliphatic carbocycles. The highest BCUT2D eigenvalue weighted by molar-refractivity contribution is 9.10. The third kappa shape index (κ3) is 6.62. The van der Waals surface area contributed by atoms with Gasteiger partial charge < -0.3 is 19.9 Å². The Morgan fingerprint density at radius 3 is 2.60 bits per heavy atom. The summed E-state index contributed by atoms with van der Waals surface area (Å²) in [6.45, 7) is -0.446. The van der Waals surface area contributed by atoms with E-state index in [9.17, 15) is 18.4 Å². The van der Waals surface area contributed by atoms with Crippen LogP contribution in [0.2, 0.25) is 5.02 Å². The van der Waals surface area contributed by atoms with Crippen molar-refractivity contribution in [2.45, 2.75) is 32.2 Å². The summed E-state index contributed by atoms with van der Waals surface area (Å²) >= 11 is 9.85. The van der Waals surface area contributed by atoms with Crippen LogP contribution in [0.15, 0.2) is 59.1 Å². The Morgan fingerprint density at radius 2 is 1.90 bits per heavy atom. The van der Waals surface area contributed by atoms with Crippen molar-refractivity contribution in [3.05, 3.63) is 86.6 Å². The first-order valence-electron chi connectivity index (χ1n) is 12.7. The molecule has 7 nitrogen and oxygen atoms in total. The zero-order valence-electron chi connectivity index (χ0n) is 21.5. The van der Waals surface area contributed by atoms with Gasteiger partial charge in [-0.05, 0) is 60.4 Å². The van der Waals surface area contributed by atoms with Gasteiger partial charge in [0, 0.05) is 47.2 Å². The molecule has 0 unspecified atom stereocenters. The topological polar surface area (TPSA) is 85.2 Å². The molecule has 0 saturated heterocycles. The molecule has 2 amide bonds. The van der Waals surface area contributed by atoms with Crippen LogP contribution in [0.1, 0.15) is 40.2 Å². The Labute approximate surface area is 243 Å². The van der Waals surface area contributed by atoms with Crippen molar-refractivity contribution in [3.63, 3.8) is 0 Å². The number of nitrogens with one attached hydrogen (secondary N) is 2. The van der Waals surface area contributed by atoms with E-state index in [1.807, 2.05) is 16.7 Å². The molecule has 11 heteroatoms. The van der Waals surface area contributed by atoms with E-state index in [-0.39, 0.29) is 23.1 Å². The van der Waals surface area contributed by atoms with Gasteiger partial charge in [-0.25, -0.2) is 13.8 Å². The number of carbonyl (C=O) groups is 2. The first kappa shape index (κ1) is 28.0. The molecule has 4 aromatic rings. The fourth-order valence-corrected chi connectivity index (χ4v) is 4.78. The van der Waals surface area contributed by atoms with Crippen LogP contribution in [0.5, 0.6) is 5.75 Å². The lowest BCUT2D eigenvalue weighted by Crippen LogP contribution is -2.24. The molecule has 2 N–H and O–H groups in total. The molecule has 1 saturated carbocycles. The van der Waals surface area contributed by atoms with E-state index in [1.165, 1.54) is 0 Å². The van der Waals surface area contributed by atoms with E-state index in [4.69, 9.17) is 21.3 Å². The van der Waals surface area contributed by atoms with E-state index in [1.54, 1.807) is 49.5 Å². The molecule has 5 rings (SSSR count). The minimum Gasteiger partial charge on any atom is -0.487 e. The highest BCUT2D eigenvalue weighted by Gasteiger charge is 2.29. The van der Waals surface area contributed by atoms with Gasteiger partial charge in [0.25, 0.3) is 12.3 Å². The second-order valence-corrected chi connectivity index (χ2v) is 11.0. The normalized spacial score (nSPS) is 13.1. The number of hydrogen-bond donors (Lipinski definition) is 2. The first-order valence-corrected chi connectivity index (χ1v) is 13.9. The number of ether oxygens (including phenoxy) is 1. The fraction of sp³-hybridized carbons (Fsp3) is 0.276. The third-order valence-corrected chi connectivity index (χ3v) is 7.56. The van der Waals surface area contributed by atoms with Crippen LogP contribution in [0, 0.1) is 5.92 Å². The molecule has 3 aromatic carbocycles. The van der Waals surface area contributed by atoms with E-state index >= 15 is 0 Å². The maximum Gasteiger partial charge on any atom is 0.272 e. The Kier molecular flexibility index (Phi) is 8.37. The molecule has 40 heavy (non-hydrogen) atoms. The molecule has 0 atom stereocenters. The summed E-state index contributed by atoms with van der Waals surface area (Å²) in [5.41, 5.74) is 3.49. The highest BCUT2D eigenvalue weighted by Crippen LogP contribution is 2.31. The lowest BCUT2D eigenvalue weighted by atomic mass is 10.1. The fourth-order valence-electron chi connectivity index (χ4n) is 4.33. The van der Waals surface area contributed by atoms with Crippen molar-refractivity contribution in [2.75, 3.05) is 11.9 Å². The SMILES string of the molecule is Cn1c(Cc2cc(CNC(=O)C3CC3)ccc2Cl)nc2cc(C(=O)Nc3ccc(Br)cc3)c(OCC(F)F)cc21. The highest BCUT2D eigenvalue weighted by atomic mass is 79.9. The smallest absolute Gasteiger partial charge is 0.272 e. The lowest BCUT2D eigenvalue weighted by molar-refractivity contribution is -0.122. The van der Waals surface area contributed by atoms with Crippen LogP contribution in [-0.4, -0.2) is 34.4 Å². The van der Waals surface area contributed by atoms with Crippen LogP contribution >= 0.6 is 27.5 Å². The van der Waals surface area contributed by atoms with Gasteiger partial charge in [-0.2, -0.15) is 0 Å². The van der Waals surface area contributed by atoms with E-state index in [0.29, 0.717) is 40.5 Å². The number of imidazole rings is 1. The minimum absolute atomic E-state index is 0.0309. The van der Waals surface area contributed by atoms with Gasteiger partial charge in [0.15, 0.2) is 0 Å². The van der Waals surface area contributed by atoms with Crippen molar-refractivity contribution in [1.29, 1.82) is 0 Å². The average molecular weight is 632 g/mol. The van der Waals surface area contributed by atoms with Gasteiger partial charge in [0.2, 0.25) is 5.91 Å². The van der Waals surface area contributed by atoms with Gasteiger partial charge >= 0.3 is 0 Å². The van der Waals surface area contributed by atoms with Crippen molar-refractivity contribution in [1.82, 2.24) is 14.9 Å². The number of hydrogen-bond acceptors (Lipinski definition) is 4. The standard InChI is InChI=1S/C29H26BrClF2N4O3/c1-37-24-13-25(40-15-26(32)33)21(29(39)35-20-7-5-19(30)6-8-20)12-23(24)36-27(37)11-18-10-16(2-9-22(18)31)14-34-28(38)17-3-4-17/h2,5-10,12-13,17,26H,3-4,11,14-15H2,1H3,(H,34,38)(H,35,39). The first-order chi connectivity index (χ1) is 19.2. The molecule has 1 heterocycles. The van der Waals surface area contributed by atoms with Crippen LogP contribution in [0.3, 0.4) is 0 Å². The second-order valence-electron chi connectivity index (χ2n) is 9.68. The number of rotatable bonds is 10. The van der Waals surface area contributed by atoms with Gasteiger partial charge in [0.05, 0.1) is 16.6 Å². The van der Waals surface area contributed by atoms with Gasteiger partial charge in [-0.3, -0.25) is 9.59 Å². The maximum atomic E-state index is 13.2. The lowest BCUT2D eigenvalue weighted by Gasteiger charge is -2.12. The van der Waals surface area contributed by atoms with Crippen molar-refractivity contribution in [2.24, 2.45) is 13.0 Å². The number of aromatic nitrogens is 2. The summed E-state index contributed by atoms with van der Waals surface area (Å²) in [6, 6.07) is 15.7. The largest absolute Gasteiger partial charge is 0.487 e. The summed E-state index contributed by atoms with van der Waals surface area (Å²) in [4.78, 5) is 29.9. The van der Waals surface area contributed by atoms with Crippen molar-refractivity contribution >= 4 is 56.1 Å². The second kappa shape index (κ2) is 11.9. The summed E-state index contributed by atoms with van der Waals surface area (Å²) in [6.07, 6.45) is -0.453. The summed E-state index contributed by atoms with van der Waals surface area (Å²) in [5, 5.41) is 6.29. The number of nitrogens with zero attached hydrogens (tertiary/aromatic N) is 2. The Bertz CT molecular complexity index is 1570. The molecule has 1 fully saturated rings. The number of aryl methyl sites for hydroxylation is 1. The van der Waals surface area contributed by atoms with Crippen LogP contribution in [0.4, 0.5) is 14.5 Å². The number of anilines is 1. The molecule has 1 aliphatic rings. The number of amides is 2. The van der Waals surface area contributed by atoms with E-state index in [0.717, 1.165) is 28.4 Å². The van der Waals surface area contributed by atoms with Crippen molar-refractivity contribution in [3.8, 4) is 5.75 Å². The van der Waals surface area contributed by atoms with Crippen LogP contribution in [-0.2, 0) is 24.8 Å². The molecule has 0 radical (unpaired) electrons.